The highest BCUT2D eigenvalue weighted by Gasteiger charge is 2.21. The van der Waals surface area contributed by atoms with Crippen LogP contribution in [-0.2, 0) is 14.3 Å². The van der Waals surface area contributed by atoms with Crippen molar-refractivity contribution in [2.24, 2.45) is 0 Å². The topological polar surface area (TPSA) is 55.4 Å². The monoisotopic (exact) mass is 353 g/mol. The van der Waals surface area contributed by atoms with E-state index in [9.17, 15) is 9.59 Å². The van der Waals surface area contributed by atoms with Crippen LogP contribution in [0.15, 0.2) is 41.9 Å². The van der Waals surface area contributed by atoms with Gasteiger partial charge < -0.3 is 10.1 Å². The fourth-order valence-corrected chi connectivity index (χ4v) is 1.97. The Labute approximate surface area is 134 Å². The van der Waals surface area contributed by atoms with Gasteiger partial charge in [-0.2, -0.15) is 0 Å². The summed E-state index contributed by atoms with van der Waals surface area (Å²) in [5, 5.41) is 3.09. The molecule has 0 aliphatic carbocycles. The van der Waals surface area contributed by atoms with Gasteiger partial charge in [-0.15, -0.1) is 6.58 Å². The van der Waals surface area contributed by atoms with E-state index in [-0.39, 0.29) is 5.57 Å². The van der Waals surface area contributed by atoms with Crippen LogP contribution in [0.25, 0.3) is 5.57 Å². The lowest BCUT2D eigenvalue weighted by Gasteiger charge is -2.13. The van der Waals surface area contributed by atoms with Crippen LogP contribution < -0.4 is 5.32 Å². The Hall–Kier alpha value is -1.88. The summed E-state index contributed by atoms with van der Waals surface area (Å²) >= 11 is 3.38. The summed E-state index contributed by atoms with van der Waals surface area (Å²) in [6, 6.07) is 5.29. The number of esters is 1. The second-order valence-electron chi connectivity index (χ2n) is 3.63. The molecule has 0 aromatic heterocycles. The molecule has 0 atom stereocenters. The molecule has 1 rings (SSSR count). The molecule has 0 amide bonds. The van der Waals surface area contributed by atoms with Gasteiger partial charge in [0.1, 0.15) is 0 Å². The number of halogens is 1. The first-order valence-electron chi connectivity index (χ1n) is 6.48. The molecule has 0 aliphatic heterocycles. The van der Waals surface area contributed by atoms with Crippen molar-refractivity contribution in [2.75, 3.05) is 19.0 Å². The minimum Gasteiger partial charge on any atom is -0.463 e. The van der Waals surface area contributed by atoms with Gasteiger partial charge in [0.25, 0.3) is 5.78 Å². The Balaban J connectivity index is 0.00000191. The second kappa shape index (κ2) is 9.94. The first-order valence-corrected chi connectivity index (χ1v) is 7.27. The number of ether oxygens (including phenoxy) is 1. The molecule has 0 bridgehead atoms. The molecular weight excluding hydrogens is 334 g/mol. The Morgan fingerprint density at radius 1 is 1.38 bits per heavy atom. The molecule has 1 aromatic rings. The van der Waals surface area contributed by atoms with Crippen LogP contribution in [0.3, 0.4) is 0 Å². The Morgan fingerprint density at radius 3 is 2.52 bits per heavy atom. The van der Waals surface area contributed by atoms with Crippen LogP contribution in [0.2, 0.25) is 0 Å². The summed E-state index contributed by atoms with van der Waals surface area (Å²) in [5.41, 5.74) is 1.32. The summed E-state index contributed by atoms with van der Waals surface area (Å²) in [6.07, 6.45) is 1.69. The maximum Gasteiger partial charge on any atom is 0.379 e. The van der Waals surface area contributed by atoms with Crippen LogP contribution in [0.4, 0.5) is 5.69 Å². The Bertz CT molecular complexity index is 538. The third-order valence-electron chi connectivity index (χ3n) is 2.41. The number of para-hydroxylation sites is 1. The predicted octanol–water partition coefficient (Wildman–Crippen LogP) is 3.83. The van der Waals surface area contributed by atoms with E-state index in [0.29, 0.717) is 17.8 Å². The average molecular weight is 354 g/mol. The number of nitrogens with one attached hydrogen (secondary N) is 1. The highest BCUT2D eigenvalue weighted by atomic mass is 79.9. The minimum absolute atomic E-state index is 0.0831. The first kappa shape index (κ1) is 19.1. The van der Waals surface area contributed by atoms with Crippen LogP contribution >= 0.6 is 15.9 Å². The molecule has 0 saturated carbocycles. The number of hydrogen-bond donors (Lipinski definition) is 1. The highest BCUT2D eigenvalue weighted by Crippen LogP contribution is 2.31. The number of hydrogen-bond acceptors (Lipinski definition) is 4. The molecule has 1 aromatic carbocycles. The van der Waals surface area contributed by atoms with Gasteiger partial charge in [0.05, 0.1) is 12.8 Å². The third-order valence-corrected chi connectivity index (χ3v) is 3.07. The second-order valence-corrected chi connectivity index (χ2v) is 4.49. The Kier molecular flexibility index (Phi) is 9.05. The van der Waals surface area contributed by atoms with Crippen molar-refractivity contribution in [1.82, 2.24) is 0 Å². The molecule has 1 N–H and O–H groups in total. The van der Waals surface area contributed by atoms with Crippen molar-refractivity contribution in [2.45, 2.75) is 13.8 Å². The van der Waals surface area contributed by atoms with Crippen molar-refractivity contribution in [3.8, 4) is 0 Å². The number of Topliss-reactive ketones (excluding diaryl/α,β-unsaturated/α-hetero) is 1. The SMILES string of the molecule is C=CCNc1c(Br)cccc1C(=C)C(=O)C(=O)OC.CC. The number of rotatable bonds is 6. The van der Waals surface area contributed by atoms with Crippen molar-refractivity contribution < 1.29 is 14.3 Å². The number of carbonyl (C=O) groups excluding carboxylic acids is 2. The first-order chi connectivity index (χ1) is 10.0. The van der Waals surface area contributed by atoms with Crippen LogP contribution in [0.5, 0.6) is 0 Å². The van der Waals surface area contributed by atoms with E-state index in [0.717, 1.165) is 11.6 Å². The van der Waals surface area contributed by atoms with Crippen LogP contribution in [0.1, 0.15) is 19.4 Å². The normalized spacial score (nSPS) is 8.95. The van der Waals surface area contributed by atoms with Crippen molar-refractivity contribution in [3.63, 3.8) is 0 Å². The van der Waals surface area contributed by atoms with Gasteiger partial charge >= 0.3 is 5.97 Å². The van der Waals surface area contributed by atoms with E-state index < -0.39 is 11.8 Å². The molecule has 5 heteroatoms. The molecule has 0 radical (unpaired) electrons. The fraction of sp³-hybridized carbons (Fsp3) is 0.250. The molecule has 114 valence electrons. The summed E-state index contributed by atoms with van der Waals surface area (Å²) in [6.45, 7) is 11.8. The number of carbonyl (C=O) groups is 2. The lowest BCUT2D eigenvalue weighted by molar-refractivity contribution is -0.148. The maximum absolute atomic E-state index is 11.8. The molecule has 0 fully saturated rings. The third kappa shape index (κ3) is 5.19. The van der Waals surface area contributed by atoms with Crippen molar-refractivity contribution >= 4 is 38.9 Å². The Morgan fingerprint density at radius 2 is 2.00 bits per heavy atom. The minimum atomic E-state index is -0.931. The van der Waals surface area contributed by atoms with E-state index in [1.165, 1.54) is 0 Å². The zero-order valence-electron chi connectivity index (χ0n) is 12.5. The molecule has 4 nitrogen and oxygen atoms in total. The summed E-state index contributed by atoms with van der Waals surface area (Å²) in [5.74, 6) is -1.69. The smallest absolute Gasteiger partial charge is 0.379 e. The van der Waals surface area contributed by atoms with Gasteiger partial charge in [-0.25, -0.2) is 4.79 Å². The summed E-state index contributed by atoms with van der Waals surface area (Å²) < 4.78 is 5.18. The largest absolute Gasteiger partial charge is 0.463 e. The van der Waals surface area contributed by atoms with Crippen LogP contribution in [-0.4, -0.2) is 25.4 Å². The van der Waals surface area contributed by atoms with Gasteiger partial charge in [0.15, 0.2) is 0 Å². The quantitative estimate of drug-likeness (QED) is 0.365. The van der Waals surface area contributed by atoms with E-state index in [4.69, 9.17) is 0 Å². The molecule has 21 heavy (non-hydrogen) atoms. The van der Waals surface area contributed by atoms with Gasteiger partial charge in [0.2, 0.25) is 0 Å². The van der Waals surface area contributed by atoms with Gasteiger partial charge in [-0.1, -0.05) is 38.6 Å². The van der Waals surface area contributed by atoms with Crippen molar-refractivity contribution in [3.05, 3.63) is 47.5 Å². The number of benzene rings is 1. The number of ketones is 1. The van der Waals surface area contributed by atoms with Gasteiger partial charge in [-0.3, -0.25) is 4.79 Å². The predicted molar refractivity (Wildman–Crippen MR) is 90.2 cm³/mol. The molecule has 0 unspecified atom stereocenters. The number of methoxy groups -OCH3 is 1. The zero-order valence-corrected chi connectivity index (χ0v) is 14.1. The van der Waals surface area contributed by atoms with E-state index in [2.05, 4.69) is 39.1 Å². The highest BCUT2D eigenvalue weighted by molar-refractivity contribution is 9.10. The lowest BCUT2D eigenvalue weighted by atomic mass is 10.0. The van der Waals surface area contributed by atoms with E-state index in [1.54, 1.807) is 18.2 Å². The van der Waals surface area contributed by atoms with Crippen LogP contribution in [0, 0.1) is 0 Å². The van der Waals surface area contributed by atoms with E-state index >= 15 is 0 Å². The number of anilines is 1. The lowest BCUT2D eigenvalue weighted by Crippen LogP contribution is -2.17. The maximum atomic E-state index is 11.8. The molecule has 0 aliphatic rings. The average Bonchev–Trinajstić information content (AvgIpc) is 2.53. The zero-order chi connectivity index (χ0) is 16.4. The molecule has 0 heterocycles. The summed E-state index contributed by atoms with van der Waals surface area (Å²) in [4.78, 5) is 23.0. The van der Waals surface area contributed by atoms with Crippen molar-refractivity contribution in [1.29, 1.82) is 0 Å². The van der Waals surface area contributed by atoms with Gasteiger partial charge in [-0.05, 0) is 22.0 Å². The molecule has 0 saturated heterocycles. The standard InChI is InChI=1S/C14H14BrNO3.C2H6/c1-4-8-16-12-10(6-5-7-11(12)15)9(2)13(17)14(18)19-3;1-2/h4-7,16H,1-2,8H2,3H3;1-2H3. The molecular formula is C16H20BrNO3. The summed E-state index contributed by atoms with van der Waals surface area (Å²) in [7, 11) is 1.16. The molecule has 0 spiro atoms. The van der Waals surface area contributed by atoms with E-state index in [1.807, 2.05) is 19.9 Å². The fourth-order valence-electron chi connectivity index (χ4n) is 1.47. The van der Waals surface area contributed by atoms with Gasteiger partial charge in [0, 0.05) is 22.2 Å².